The van der Waals surface area contributed by atoms with Gasteiger partial charge in [-0.05, 0) is 24.7 Å². The Balaban J connectivity index is -0.00000121. The molecule has 0 N–H and O–H groups in total. The van der Waals surface area contributed by atoms with E-state index in [0.29, 0.717) is 25.7 Å². The van der Waals surface area contributed by atoms with Crippen molar-refractivity contribution in [1.29, 1.82) is 0 Å². The summed E-state index contributed by atoms with van der Waals surface area (Å²) < 4.78 is 35.5. The van der Waals surface area contributed by atoms with E-state index in [1.165, 1.54) is 0 Å². The Morgan fingerprint density at radius 1 is 0.806 bits per heavy atom. The van der Waals surface area contributed by atoms with Crippen LogP contribution in [0.4, 0.5) is 0 Å². The summed E-state index contributed by atoms with van der Waals surface area (Å²) in [4.78, 5) is 23.9. The Hall–Kier alpha value is 0.642. The summed E-state index contributed by atoms with van der Waals surface area (Å²) in [5, 5.41) is 21.3. The van der Waals surface area contributed by atoms with E-state index in [9.17, 15) is 32.8 Å². The average molecular weight is 440 g/mol. The quantitative estimate of drug-likeness (QED) is 0.172. The van der Waals surface area contributed by atoms with E-state index in [1.54, 1.807) is 0 Å². The van der Waals surface area contributed by atoms with Gasteiger partial charge in [0, 0.05) is 11.4 Å². The number of unbranched alkanes of at least 4 members (excludes halogenated alkanes) is 2. The van der Waals surface area contributed by atoms with Crippen LogP contribution in [0.2, 0.25) is 0 Å². The van der Waals surface area contributed by atoms with Gasteiger partial charge in [-0.15, -0.1) is 0 Å². The van der Waals surface area contributed by atoms with E-state index in [0.717, 1.165) is 25.7 Å². The smallest absolute Gasteiger partial charge is 0.747 e. The second-order valence-electron chi connectivity index (χ2n) is 7.88. The number of aliphatic carboxylic acids is 2. The van der Waals surface area contributed by atoms with Crippen LogP contribution in [0.3, 0.4) is 0 Å². The fourth-order valence-corrected chi connectivity index (χ4v) is 5.18. The molecule has 3 atom stereocenters. The molecule has 0 radical (unpaired) electrons. The van der Waals surface area contributed by atoms with E-state index in [2.05, 4.69) is 0 Å². The predicted octanol–water partition coefficient (Wildman–Crippen LogP) is -7.39. The molecule has 166 valence electrons. The number of hydrogen-bond acceptors (Lipinski definition) is 7. The van der Waals surface area contributed by atoms with Crippen LogP contribution in [0.5, 0.6) is 0 Å². The van der Waals surface area contributed by atoms with Crippen molar-refractivity contribution in [3.8, 4) is 0 Å². The number of hydrogen-bond donors (Lipinski definition) is 0. The number of carbonyl (C=O) groups is 2. The SMILES string of the molecule is CCCCC(CC)CC(CC(CC)CCCC)(C(=O)[O-])C(C(=O)[O-])S(=O)(=O)[O-].[Li+].[Li+].[Li+]. The van der Waals surface area contributed by atoms with Crippen LogP contribution >= 0.6 is 0 Å². The van der Waals surface area contributed by atoms with Gasteiger partial charge >= 0.3 is 56.6 Å². The van der Waals surface area contributed by atoms with Gasteiger partial charge in [0.05, 0.1) is 11.2 Å². The van der Waals surface area contributed by atoms with Gasteiger partial charge in [0.2, 0.25) is 0 Å². The third kappa shape index (κ3) is 12.6. The van der Waals surface area contributed by atoms with Crippen molar-refractivity contribution in [2.75, 3.05) is 0 Å². The monoisotopic (exact) mass is 440 g/mol. The molecule has 0 saturated carbocycles. The van der Waals surface area contributed by atoms with E-state index in [1.807, 2.05) is 27.7 Å². The van der Waals surface area contributed by atoms with Crippen LogP contribution in [0.1, 0.15) is 91.9 Å². The molecule has 0 fully saturated rings. The molecule has 0 aromatic carbocycles. The zero-order chi connectivity index (χ0) is 22.0. The Morgan fingerprint density at radius 2 is 1.16 bits per heavy atom. The number of carboxylic acids is 2. The Labute approximate surface area is 224 Å². The fraction of sp³-hybridized carbons (Fsp3) is 0.900. The van der Waals surface area contributed by atoms with Gasteiger partial charge in [0.1, 0.15) is 10.1 Å². The van der Waals surface area contributed by atoms with Crippen LogP contribution in [-0.2, 0) is 19.7 Å². The third-order valence-electron chi connectivity index (χ3n) is 5.80. The number of carboxylic acid groups (broad SMARTS) is 2. The molecule has 0 aromatic rings. The molecule has 0 aliphatic carbocycles. The molecule has 0 heterocycles. The molecule has 31 heavy (non-hydrogen) atoms. The molecule has 0 amide bonds. The van der Waals surface area contributed by atoms with Gasteiger partial charge in [-0.2, -0.15) is 0 Å². The van der Waals surface area contributed by atoms with Gasteiger partial charge in [-0.1, -0.05) is 79.1 Å². The van der Waals surface area contributed by atoms with Gasteiger partial charge in [0.25, 0.3) is 0 Å². The largest absolute Gasteiger partial charge is 1.00 e. The summed E-state index contributed by atoms with van der Waals surface area (Å²) in [5.74, 6) is -4.38. The zero-order valence-corrected chi connectivity index (χ0v) is 21.4. The molecule has 3 unspecified atom stereocenters. The second kappa shape index (κ2) is 19.0. The minimum atomic E-state index is -5.45. The average Bonchev–Trinajstić information content (AvgIpc) is 2.59. The third-order valence-corrected chi connectivity index (χ3v) is 7.02. The Bertz CT molecular complexity index is 582. The van der Waals surface area contributed by atoms with Crippen LogP contribution in [0, 0.1) is 17.3 Å². The first-order chi connectivity index (χ1) is 13.0. The van der Waals surface area contributed by atoms with E-state index in [-0.39, 0.29) is 81.3 Å². The number of carbonyl (C=O) groups excluding carboxylic acids is 2. The Morgan fingerprint density at radius 3 is 1.35 bits per heavy atom. The van der Waals surface area contributed by atoms with Crippen molar-refractivity contribution in [3.63, 3.8) is 0 Å². The van der Waals surface area contributed by atoms with Crippen molar-refractivity contribution in [2.24, 2.45) is 17.3 Å². The molecule has 0 rings (SSSR count). The standard InChI is InChI=1S/C20H38O7S.3Li/c1-5-9-11-15(7-3)13-20(19(23)24,14-16(8-4)12-10-6-2)17(18(21)22)28(25,26)27;;;/h15-17H,5-14H2,1-4H3,(H,21,22)(H,23,24)(H,25,26,27);;;/q;3*+1/p-3. The van der Waals surface area contributed by atoms with Gasteiger partial charge < -0.3 is 24.4 Å². The molecule has 11 heteroatoms. The maximum atomic E-state index is 12.3. The second-order valence-corrected chi connectivity index (χ2v) is 9.33. The molecule has 0 bridgehead atoms. The van der Waals surface area contributed by atoms with Crippen LogP contribution in [0.25, 0.3) is 0 Å². The van der Waals surface area contributed by atoms with E-state index in [4.69, 9.17) is 0 Å². The first-order valence-corrected chi connectivity index (χ1v) is 11.8. The normalized spacial score (nSPS) is 15.8. The van der Waals surface area contributed by atoms with Crippen molar-refractivity contribution in [2.45, 2.75) is 97.2 Å². The first-order valence-electron chi connectivity index (χ1n) is 10.4. The first kappa shape index (κ1) is 38.9. The molecular weight excluding hydrogens is 405 g/mol. The maximum absolute atomic E-state index is 12.3. The predicted molar refractivity (Wildman–Crippen MR) is 102 cm³/mol. The molecule has 0 aliphatic rings. The summed E-state index contributed by atoms with van der Waals surface area (Å²) >= 11 is 0. The summed E-state index contributed by atoms with van der Waals surface area (Å²) in [6, 6.07) is 0. The Kier molecular flexibility index (Phi) is 23.8. The zero-order valence-electron chi connectivity index (χ0n) is 20.6. The van der Waals surface area contributed by atoms with Gasteiger partial charge in [0.15, 0.2) is 0 Å². The van der Waals surface area contributed by atoms with Gasteiger partial charge in [-0.25, -0.2) is 8.42 Å². The molecule has 0 saturated heterocycles. The molecule has 0 aromatic heterocycles. The molecule has 0 aliphatic heterocycles. The van der Waals surface area contributed by atoms with Crippen molar-refractivity contribution in [3.05, 3.63) is 0 Å². The van der Waals surface area contributed by atoms with Crippen molar-refractivity contribution < 1.29 is 89.4 Å². The molecular formula is C20H35Li3O7S. The molecule has 0 spiro atoms. The summed E-state index contributed by atoms with van der Waals surface area (Å²) in [5.41, 5.74) is -2.29. The topological polar surface area (TPSA) is 137 Å². The molecule has 7 nitrogen and oxygen atoms in total. The van der Waals surface area contributed by atoms with Crippen molar-refractivity contribution in [1.82, 2.24) is 0 Å². The van der Waals surface area contributed by atoms with Crippen molar-refractivity contribution >= 4 is 22.1 Å². The summed E-state index contributed by atoms with van der Waals surface area (Å²) in [7, 11) is -5.45. The minimum Gasteiger partial charge on any atom is -0.747 e. The summed E-state index contributed by atoms with van der Waals surface area (Å²) in [6.07, 6.45) is 5.28. The summed E-state index contributed by atoms with van der Waals surface area (Å²) in [6.45, 7) is 7.63. The maximum Gasteiger partial charge on any atom is 1.00 e. The van der Waals surface area contributed by atoms with Crippen LogP contribution < -0.4 is 66.8 Å². The minimum absolute atomic E-state index is 0. The van der Waals surface area contributed by atoms with E-state index >= 15 is 0 Å². The van der Waals surface area contributed by atoms with Crippen LogP contribution in [0.15, 0.2) is 0 Å². The van der Waals surface area contributed by atoms with Gasteiger partial charge in [-0.3, -0.25) is 0 Å². The number of rotatable bonds is 16. The fourth-order valence-electron chi connectivity index (χ4n) is 4.11. The van der Waals surface area contributed by atoms with Crippen LogP contribution in [-0.4, -0.2) is 30.2 Å². The van der Waals surface area contributed by atoms with E-state index < -0.39 is 32.7 Å².